The minimum absolute atomic E-state index is 0.0998. The standard InChI is InChI=1S/C24H22Cl2N4O3/c1-15-3-7-21(24(33)29-15)30(2)13-18-11-16(4-5-17(18)14-31)12-28-22(32)8-6-19-20(25)9-10-27-23(19)26/h4-5,9-11,14,21H,1,3,7,12-13H2,2H3,(H,28,32)(H,29,33). The summed E-state index contributed by atoms with van der Waals surface area (Å²) in [6.07, 6.45) is 3.60. The lowest BCUT2D eigenvalue weighted by Crippen LogP contribution is -2.47. The van der Waals surface area contributed by atoms with Gasteiger partial charge in [-0.3, -0.25) is 19.3 Å². The summed E-state index contributed by atoms with van der Waals surface area (Å²) in [6.45, 7) is 4.41. The zero-order chi connectivity index (χ0) is 24.0. The molecular formula is C24H22Cl2N4O3. The summed E-state index contributed by atoms with van der Waals surface area (Å²) >= 11 is 12.0. The normalized spacial score (nSPS) is 15.5. The van der Waals surface area contributed by atoms with E-state index in [0.717, 1.165) is 17.4 Å². The molecule has 3 rings (SSSR count). The van der Waals surface area contributed by atoms with Gasteiger partial charge < -0.3 is 10.6 Å². The first-order valence-electron chi connectivity index (χ1n) is 10.1. The molecule has 1 atom stereocenters. The van der Waals surface area contributed by atoms with Crippen LogP contribution in [-0.2, 0) is 22.7 Å². The molecule has 33 heavy (non-hydrogen) atoms. The van der Waals surface area contributed by atoms with Gasteiger partial charge in [0, 0.05) is 36.5 Å². The van der Waals surface area contributed by atoms with Crippen molar-refractivity contribution in [2.75, 3.05) is 7.05 Å². The van der Waals surface area contributed by atoms with Crippen molar-refractivity contribution in [3.8, 4) is 11.8 Å². The van der Waals surface area contributed by atoms with Crippen LogP contribution in [0.2, 0.25) is 10.2 Å². The maximum Gasteiger partial charge on any atom is 0.296 e. The second kappa shape index (κ2) is 11.1. The minimum Gasteiger partial charge on any atom is -0.341 e. The molecule has 9 heteroatoms. The maximum atomic E-state index is 12.3. The monoisotopic (exact) mass is 484 g/mol. The molecule has 2 N–H and O–H groups in total. The van der Waals surface area contributed by atoms with E-state index in [9.17, 15) is 14.4 Å². The van der Waals surface area contributed by atoms with E-state index in [-0.39, 0.29) is 29.2 Å². The van der Waals surface area contributed by atoms with Crippen molar-refractivity contribution >= 4 is 41.3 Å². The molecule has 2 aromatic rings. The lowest BCUT2D eigenvalue weighted by atomic mass is 10.0. The van der Waals surface area contributed by atoms with Crippen LogP contribution in [0.15, 0.2) is 42.7 Å². The Kier molecular flexibility index (Phi) is 8.23. The molecular weight excluding hydrogens is 463 g/mol. The number of amides is 2. The summed E-state index contributed by atoms with van der Waals surface area (Å²) in [7, 11) is 1.84. The molecule has 170 valence electrons. The molecule has 2 heterocycles. The van der Waals surface area contributed by atoms with Crippen LogP contribution >= 0.6 is 23.2 Å². The highest BCUT2D eigenvalue weighted by Crippen LogP contribution is 2.21. The Morgan fingerprint density at radius 3 is 2.88 bits per heavy atom. The SMILES string of the molecule is C=C1CCC(N(C)Cc2cc(CNC(=O)C#Cc3c(Cl)ccnc3Cl)ccc2C=O)C(=O)N1. The van der Waals surface area contributed by atoms with Crippen LogP contribution in [0.4, 0.5) is 0 Å². The second-order valence-corrected chi connectivity index (χ2v) is 8.37. The molecule has 1 unspecified atom stereocenters. The van der Waals surface area contributed by atoms with Crippen molar-refractivity contribution in [3.05, 3.63) is 75.2 Å². The first-order valence-corrected chi connectivity index (χ1v) is 10.9. The van der Waals surface area contributed by atoms with Crippen molar-refractivity contribution in [2.45, 2.75) is 32.0 Å². The third kappa shape index (κ3) is 6.42. The number of likely N-dealkylation sites (N-methyl/N-ethyl adjacent to an activating group) is 1. The van der Waals surface area contributed by atoms with Gasteiger partial charge in [0.25, 0.3) is 5.91 Å². The number of allylic oxidation sites excluding steroid dienone is 1. The van der Waals surface area contributed by atoms with Crippen LogP contribution in [0.5, 0.6) is 0 Å². The summed E-state index contributed by atoms with van der Waals surface area (Å²) in [5, 5.41) is 5.91. The van der Waals surface area contributed by atoms with Gasteiger partial charge in [0.05, 0.1) is 16.6 Å². The predicted octanol–water partition coefficient (Wildman–Crippen LogP) is 3.09. The lowest BCUT2D eigenvalue weighted by Gasteiger charge is -2.31. The van der Waals surface area contributed by atoms with Crippen LogP contribution in [0.25, 0.3) is 0 Å². The van der Waals surface area contributed by atoms with E-state index in [4.69, 9.17) is 23.2 Å². The summed E-state index contributed by atoms with van der Waals surface area (Å²) in [5.74, 6) is 4.47. The third-order valence-corrected chi connectivity index (χ3v) is 5.82. The Labute approximate surface area is 202 Å². The van der Waals surface area contributed by atoms with Gasteiger partial charge in [0.15, 0.2) is 0 Å². The number of benzene rings is 1. The number of nitrogens with zero attached hydrogens (tertiary/aromatic N) is 2. The molecule has 0 bridgehead atoms. The van der Waals surface area contributed by atoms with Gasteiger partial charge in [-0.2, -0.15) is 0 Å². The molecule has 7 nitrogen and oxygen atoms in total. The van der Waals surface area contributed by atoms with E-state index in [1.165, 1.54) is 12.3 Å². The molecule has 0 spiro atoms. The van der Waals surface area contributed by atoms with E-state index in [2.05, 4.69) is 34.0 Å². The number of carbonyl (C=O) groups excluding carboxylic acids is 3. The van der Waals surface area contributed by atoms with Crippen molar-refractivity contribution in [3.63, 3.8) is 0 Å². The Hall–Kier alpha value is -3.18. The molecule has 1 aromatic carbocycles. The highest BCUT2D eigenvalue weighted by atomic mass is 35.5. The predicted molar refractivity (Wildman–Crippen MR) is 127 cm³/mol. The molecule has 1 saturated heterocycles. The molecule has 0 aliphatic carbocycles. The van der Waals surface area contributed by atoms with Crippen molar-refractivity contribution in [1.82, 2.24) is 20.5 Å². The molecule has 1 fully saturated rings. The first-order chi connectivity index (χ1) is 15.8. The van der Waals surface area contributed by atoms with Crippen molar-refractivity contribution in [2.24, 2.45) is 0 Å². The van der Waals surface area contributed by atoms with Crippen molar-refractivity contribution < 1.29 is 14.4 Å². The zero-order valence-corrected chi connectivity index (χ0v) is 19.5. The number of aromatic nitrogens is 1. The number of nitrogens with one attached hydrogen (secondary N) is 2. The quantitative estimate of drug-likeness (QED) is 0.373. The number of pyridine rings is 1. The number of hydrogen-bond donors (Lipinski definition) is 2. The Morgan fingerprint density at radius 1 is 1.39 bits per heavy atom. The molecule has 1 aliphatic heterocycles. The number of halogens is 2. The van der Waals surface area contributed by atoms with Gasteiger partial charge in [-0.05, 0) is 37.1 Å². The van der Waals surface area contributed by atoms with E-state index >= 15 is 0 Å². The van der Waals surface area contributed by atoms with Gasteiger partial charge in [-0.1, -0.05) is 53.9 Å². The fourth-order valence-electron chi connectivity index (χ4n) is 3.45. The van der Waals surface area contributed by atoms with Gasteiger partial charge in [-0.15, -0.1) is 0 Å². The maximum absolute atomic E-state index is 12.3. The Morgan fingerprint density at radius 2 is 2.18 bits per heavy atom. The Balaban J connectivity index is 1.66. The smallest absolute Gasteiger partial charge is 0.296 e. The van der Waals surface area contributed by atoms with Crippen molar-refractivity contribution in [1.29, 1.82) is 0 Å². The fraction of sp³-hybridized carbons (Fsp3) is 0.250. The minimum atomic E-state index is -0.511. The molecule has 0 radical (unpaired) electrons. The number of carbonyl (C=O) groups is 3. The van der Waals surface area contributed by atoms with Gasteiger partial charge in [-0.25, -0.2) is 4.98 Å². The number of aldehydes is 1. The highest BCUT2D eigenvalue weighted by molar-refractivity contribution is 6.35. The molecule has 1 aliphatic rings. The van der Waals surface area contributed by atoms with Gasteiger partial charge >= 0.3 is 0 Å². The number of piperidine rings is 1. The van der Waals surface area contributed by atoms with Crippen LogP contribution in [-0.4, -0.2) is 41.1 Å². The van der Waals surface area contributed by atoms with E-state index < -0.39 is 5.91 Å². The average molecular weight is 485 g/mol. The third-order valence-electron chi connectivity index (χ3n) is 5.22. The molecule has 2 amide bonds. The molecule has 1 aromatic heterocycles. The van der Waals surface area contributed by atoms with Crippen LogP contribution < -0.4 is 10.6 Å². The Bertz CT molecular complexity index is 1150. The molecule has 0 saturated carbocycles. The largest absolute Gasteiger partial charge is 0.341 e. The summed E-state index contributed by atoms with van der Waals surface area (Å²) < 4.78 is 0. The topological polar surface area (TPSA) is 91.4 Å². The van der Waals surface area contributed by atoms with E-state index in [0.29, 0.717) is 35.7 Å². The first kappa shape index (κ1) is 24.5. The van der Waals surface area contributed by atoms with Gasteiger partial charge in [0.1, 0.15) is 11.4 Å². The second-order valence-electron chi connectivity index (χ2n) is 7.60. The average Bonchev–Trinajstić information content (AvgIpc) is 2.77. The summed E-state index contributed by atoms with van der Waals surface area (Å²) in [4.78, 5) is 41.7. The number of hydrogen-bond acceptors (Lipinski definition) is 5. The van der Waals surface area contributed by atoms with E-state index in [1.807, 2.05) is 18.0 Å². The van der Waals surface area contributed by atoms with Crippen LogP contribution in [0.3, 0.4) is 0 Å². The fourth-order valence-corrected chi connectivity index (χ4v) is 3.90. The van der Waals surface area contributed by atoms with Crippen LogP contribution in [0.1, 0.15) is 39.9 Å². The zero-order valence-electron chi connectivity index (χ0n) is 18.0. The summed E-state index contributed by atoms with van der Waals surface area (Å²) in [6, 6.07) is 6.52. The van der Waals surface area contributed by atoms with Gasteiger partial charge in [0.2, 0.25) is 5.91 Å². The summed E-state index contributed by atoms with van der Waals surface area (Å²) in [5.41, 5.74) is 3.08. The highest BCUT2D eigenvalue weighted by Gasteiger charge is 2.27. The lowest BCUT2D eigenvalue weighted by molar-refractivity contribution is -0.126. The van der Waals surface area contributed by atoms with Crippen LogP contribution in [0, 0.1) is 11.8 Å². The number of rotatable bonds is 6. The van der Waals surface area contributed by atoms with E-state index in [1.54, 1.807) is 12.1 Å².